The fraction of sp³-hybridized carbons (Fsp3) is 0.273. The summed E-state index contributed by atoms with van der Waals surface area (Å²) in [5.41, 5.74) is 3.07. The fourth-order valence-electron chi connectivity index (χ4n) is 2.40. The van der Waals surface area contributed by atoms with Gasteiger partial charge < -0.3 is 14.2 Å². The van der Waals surface area contributed by atoms with Gasteiger partial charge in [0.25, 0.3) is 0 Å². The Morgan fingerprint density at radius 1 is 0.720 bits per heavy atom. The minimum atomic E-state index is 0.477. The molecule has 2 aromatic carbocycles. The first-order chi connectivity index (χ1) is 12.1. The van der Waals surface area contributed by atoms with E-state index in [1.165, 1.54) is 0 Å². The Kier molecular flexibility index (Phi) is 6.70. The molecule has 0 radical (unpaired) electrons. The Labute approximate surface area is 150 Å². The molecule has 0 unspecified atom stereocenters. The zero-order valence-corrected chi connectivity index (χ0v) is 15.6. The summed E-state index contributed by atoms with van der Waals surface area (Å²) in [6, 6.07) is 11.9. The minimum Gasteiger partial charge on any atom is -0.497 e. The standard InChI is InChI=1S/C22H26O3/c1-16(2)6-10-18-14-22(25-5)19(15-21(18)24-4)11-7-17-8-12-20(23-3)13-9-17/h6-16H,1-5H3/b10-6+,11-7+. The summed E-state index contributed by atoms with van der Waals surface area (Å²) in [7, 11) is 5.03. The molecule has 0 N–H and O–H groups in total. The van der Waals surface area contributed by atoms with Crippen LogP contribution in [0.3, 0.4) is 0 Å². The second kappa shape index (κ2) is 8.97. The molecule has 0 saturated heterocycles. The van der Waals surface area contributed by atoms with Crippen molar-refractivity contribution in [1.29, 1.82) is 0 Å². The van der Waals surface area contributed by atoms with Crippen LogP contribution >= 0.6 is 0 Å². The molecule has 3 nitrogen and oxygen atoms in total. The third-order valence-corrected chi connectivity index (χ3v) is 3.81. The van der Waals surface area contributed by atoms with E-state index in [0.717, 1.165) is 33.9 Å². The lowest BCUT2D eigenvalue weighted by atomic mass is 10.0. The zero-order chi connectivity index (χ0) is 18.2. The van der Waals surface area contributed by atoms with Crippen molar-refractivity contribution in [1.82, 2.24) is 0 Å². The van der Waals surface area contributed by atoms with E-state index >= 15 is 0 Å². The van der Waals surface area contributed by atoms with Gasteiger partial charge in [-0.05, 0) is 35.7 Å². The van der Waals surface area contributed by atoms with Crippen LogP contribution in [-0.2, 0) is 0 Å². The van der Waals surface area contributed by atoms with E-state index in [4.69, 9.17) is 14.2 Å². The van der Waals surface area contributed by atoms with Crippen molar-refractivity contribution in [3.8, 4) is 17.2 Å². The van der Waals surface area contributed by atoms with Gasteiger partial charge in [-0.2, -0.15) is 0 Å². The molecule has 25 heavy (non-hydrogen) atoms. The van der Waals surface area contributed by atoms with Crippen LogP contribution in [0.25, 0.3) is 18.2 Å². The third-order valence-electron chi connectivity index (χ3n) is 3.81. The lowest BCUT2D eigenvalue weighted by molar-refractivity contribution is 0.401. The Morgan fingerprint density at radius 3 is 1.76 bits per heavy atom. The molecule has 132 valence electrons. The summed E-state index contributed by atoms with van der Waals surface area (Å²) in [5, 5.41) is 0. The van der Waals surface area contributed by atoms with Gasteiger partial charge in [0, 0.05) is 11.1 Å². The highest BCUT2D eigenvalue weighted by Gasteiger charge is 2.08. The predicted molar refractivity (Wildman–Crippen MR) is 105 cm³/mol. The molecule has 3 heteroatoms. The van der Waals surface area contributed by atoms with Crippen molar-refractivity contribution >= 4 is 18.2 Å². The molecule has 0 heterocycles. The smallest absolute Gasteiger partial charge is 0.126 e. The molecule has 0 fully saturated rings. The number of hydrogen-bond donors (Lipinski definition) is 0. The largest absolute Gasteiger partial charge is 0.497 e. The molecule has 0 aliphatic carbocycles. The second-order valence-corrected chi connectivity index (χ2v) is 6.05. The van der Waals surface area contributed by atoms with Gasteiger partial charge in [0.05, 0.1) is 21.3 Å². The van der Waals surface area contributed by atoms with E-state index in [2.05, 4.69) is 26.0 Å². The first-order valence-electron chi connectivity index (χ1n) is 8.33. The van der Waals surface area contributed by atoms with Crippen molar-refractivity contribution in [3.05, 3.63) is 59.2 Å². The average molecular weight is 338 g/mol. The molecular weight excluding hydrogens is 312 g/mol. The van der Waals surface area contributed by atoms with Crippen LogP contribution in [0.1, 0.15) is 30.5 Å². The van der Waals surface area contributed by atoms with E-state index in [-0.39, 0.29) is 0 Å². The van der Waals surface area contributed by atoms with Crippen LogP contribution < -0.4 is 14.2 Å². The molecule has 0 aliphatic heterocycles. The lowest BCUT2D eigenvalue weighted by Crippen LogP contribution is -1.93. The Hall–Kier alpha value is -2.68. The molecule has 0 atom stereocenters. The van der Waals surface area contributed by atoms with Gasteiger partial charge in [0.1, 0.15) is 17.2 Å². The van der Waals surface area contributed by atoms with E-state index < -0.39 is 0 Å². The highest BCUT2D eigenvalue weighted by molar-refractivity contribution is 5.76. The van der Waals surface area contributed by atoms with E-state index in [9.17, 15) is 0 Å². The van der Waals surface area contributed by atoms with Crippen molar-refractivity contribution in [3.63, 3.8) is 0 Å². The van der Waals surface area contributed by atoms with Gasteiger partial charge in [0.2, 0.25) is 0 Å². The maximum absolute atomic E-state index is 5.56. The quantitative estimate of drug-likeness (QED) is 0.619. The van der Waals surface area contributed by atoms with Crippen molar-refractivity contribution in [2.24, 2.45) is 5.92 Å². The van der Waals surface area contributed by atoms with Gasteiger partial charge in [-0.25, -0.2) is 0 Å². The summed E-state index contributed by atoms with van der Waals surface area (Å²) in [6.45, 7) is 4.29. The number of allylic oxidation sites excluding steroid dienone is 1. The maximum Gasteiger partial charge on any atom is 0.126 e. The van der Waals surface area contributed by atoms with Crippen LogP contribution in [0.4, 0.5) is 0 Å². The molecule has 2 rings (SSSR count). The van der Waals surface area contributed by atoms with Gasteiger partial charge in [-0.3, -0.25) is 0 Å². The fourth-order valence-corrected chi connectivity index (χ4v) is 2.40. The van der Waals surface area contributed by atoms with Crippen molar-refractivity contribution < 1.29 is 14.2 Å². The number of ether oxygens (including phenoxy) is 3. The monoisotopic (exact) mass is 338 g/mol. The summed E-state index contributed by atoms with van der Waals surface area (Å²) in [6.07, 6.45) is 8.28. The first-order valence-corrected chi connectivity index (χ1v) is 8.33. The number of rotatable bonds is 7. The van der Waals surface area contributed by atoms with Gasteiger partial charge in [-0.1, -0.05) is 50.3 Å². The normalized spacial score (nSPS) is 11.4. The van der Waals surface area contributed by atoms with Crippen LogP contribution in [0, 0.1) is 5.92 Å². The van der Waals surface area contributed by atoms with Crippen molar-refractivity contribution in [2.45, 2.75) is 13.8 Å². The summed E-state index contributed by atoms with van der Waals surface area (Å²) >= 11 is 0. The van der Waals surface area contributed by atoms with Gasteiger partial charge >= 0.3 is 0 Å². The highest BCUT2D eigenvalue weighted by atomic mass is 16.5. The molecule has 0 aromatic heterocycles. The van der Waals surface area contributed by atoms with Crippen molar-refractivity contribution in [2.75, 3.05) is 21.3 Å². The number of hydrogen-bond acceptors (Lipinski definition) is 3. The summed E-state index contributed by atoms with van der Waals surface area (Å²) in [4.78, 5) is 0. The van der Waals surface area contributed by atoms with E-state index in [1.807, 2.05) is 48.6 Å². The summed E-state index contributed by atoms with van der Waals surface area (Å²) in [5.74, 6) is 2.96. The molecule has 0 bridgehead atoms. The van der Waals surface area contributed by atoms with E-state index in [0.29, 0.717) is 5.92 Å². The van der Waals surface area contributed by atoms with Crippen LogP contribution in [0.5, 0.6) is 17.2 Å². The maximum atomic E-state index is 5.56. The molecule has 2 aromatic rings. The third kappa shape index (κ3) is 5.15. The predicted octanol–water partition coefficient (Wildman–Crippen LogP) is 5.55. The molecule has 0 saturated carbocycles. The summed E-state index contributed by atoms with van der Waals surface area (Å²) < 4.78 is 16.3. The molecular formula is C22H26O3. The van der Waals surface area contributed by atoms with Crippen LogP contribution in [0.15, 0.2) is 42.5 Å². The van der Waals surface area contributed by atoms with Gasteiger partial charge in [0.15, 0.2) is 0 Å². The number of benzene rings is 2. The molecule has 0 amide bonds. The molecule has 0 spiro atoms. The topological polar surface area (TPSA) is 27.7 Å². The van der Waals surface area contributed by atoms with Crippen LogP contribution in [0.2, 0.25) is 0 Å². The Bertz CT molecular complexity index is 741. The SMILES string of the molecule is COc1ccc(/C=C/c2cc(OC)c(/C=C/C(C)C)cc2OC)cc1. The molecule has 0 aliphatic rings. The Morgan fingerprint density at radius 2 is 1.28 bits per heavy atom. The minimum absolute atomic E-state index is 0.477. The van der Waals surface area contributed by atoms with Crippen LogP contribution in [-0.4, -0.2) is 21.3 Å². The zero-order valence-electron chi connectivity index (χ0n) is 15.6. The first kappa shape index (κ1) is 18.7. The highest BCUT2D eigenvalue weighted by Crippen LogP contribution is 2.31. The van der Waals surface area contributed by atoms with Gasteiger partial charge in [-0.15, -0.1) is 0 Å². The average Bonchev–Trinajstić information content (AvgIpc) is 2.64. The van der Waals surface area contributed by atoms with E-state index in [1.54, 1.807) is 21.3 Å². The number of methoxy groups -OCH3 is 3. The second-order valence-electron chi connectivity index (χ2n) is 6.05. The lowest BCUT2D eigenvalue weighted by Gasteiger charge is -2.11. The Balaban J connectivity index is 2.34.